The van der Waals surface area contributed by atoms with Crippen LogP contribution in [0.4, 0.5) is 10.1 Å². The summed E-state index contributed by atoms with van der Waals surface area (Å²) in [6.07, 6.45) is 0. The highest BCUT2D eigenvalue weighted by molar-refractivity contribution is 6.04. The molecule has 0 saturated carbocycles. The molecular weight excluding hydrogens is 325 g/mol. The molecule has 1 amide bonds. The normalized spacial score (nSPS) is 10.3. The van der Waals surface area contributed by atoms with Crippen LogP contribution in [0, 0.1) is 5.82 Å². The zero-order valence-electron chi connectivity index (χ0n) is 13.3. The first-order valence-electron chi connectivity index (χ1n) is 7.39. The summed E-state index contributed by atoms with van der Waals surface area (Å²) in [4.78, 5) is 24.7. The van der Waals surface area contributed by atoms with E-state index in [0.29, 0.717) is 11.4 Å². The lowest BCUT2D eigenvalue weighted by Gasteiger charge is -2.11. The van der Waals surface area contributed by atoms with Crippen molar-refractivity contribution in [2.24, 2.45) is 0 Å². The van der Waals surface area contributed by atoms with Crippen LogP contribution in [0.5, 0.6) is 5.75 Å². The molecule has 0 aliphatic heterocycles. The van der Waals surface area contributed by atoms with E-state index in [1.165, 1.54) is 31.4 Å². The van der Waals surface area contributed by atoms with Crippen molar-refractivity contribution in [1.29, 1.82) is 0 Å². The Hall–Kier alpha value is -3.48. The van der Waals surface area contributed by atoms with E-state index in [4.69, 9.17) is 4.74 Å². The maximum absolute atomic E-state index is 13.1. The standard InChI is InChI=1S/C18H14FN3O3/c1-25-15-11-16(23)22(14-9-7-12(19)8-10-14)21-17(15)18(24)20-13-5-3-2-4-6-13/h2-11H,1H3,(H,20,24). The molecule has 2 aromatic carbocycles. The molecule has 3 rings (SSSR count). The maximum atomic E-state index is 13.1. The van der Waals surface area contributed by atoms with E-state index >= 15 is 0 Å². The Morgan fingerprint density at radius 1 is 1.12 bits per heavy atom. The molecule has 0 radical (unpaired) electrons. The molecule has 0 fully saturated rings. The number of methoxy groups -OCH3 is 1. The fourth-order valence-corrected chi connectivity index (χ4v) is 2.23. The average molecular weight is 339 g/mol. The van der Waals surface area contributed by atoms with Crippen molar-refractivity contribution in [2.45, 2.75) is 0 Å². The molecule has 7 heteroatoms. The first-order chi connectivity index (χ1) is 12.1. The van der Waals surface area contributed by atoms with Crippen molar-refractivity contribution in [3.05, 3.63) is 82.5 Å². The molecule has 6 nitrogen and oxygen atoms in total. The number of amides is 1. The summed E-state index contributed by atoms with van der Waals surface area (Å²) in [7, 11) is 1.35. The molecule has 1 heterocycles. The minimum atomic E-state index is -0.529. The summed E-state index contributed by atoms with van der Waals surface area (Å²) < 4.78 is 19.2. The third-order valence-corrected chi connectivity index (χ3v) is 3.43. The van der Waals surface area contributed by atoms with Gasteiger partial charge in [-0.1, -0.05) is 18.2 Å². The first-order valence-corrected chi connectivity index (χ1v) is 7.39. The van der Waals surface area contributed by atoms with E-state index < -0.39 is 17.3 Å². The predicted octanol–water partition coefficient (Wildman–Crippen LogP) is 2.63. The topological polar surface area (TPSA) is 73.2 Å². The molecule has 126 valence electrons. The predicted molar refractivity (Wildman–Crippen MR) is 90.7 cm³/mol. The van der Waals surface area contributed by atoms with Crippen molar-refractivity contribution >= 4 is 11.6 Å². The van der Waals surface area contributed by atoms with Crippen LogP contribution in [0.15, 0.2) is 65.5 Å². The lowest BCUT2D eigenvalue weighted by molar-refractivity contribution is 0.101. The lowest BCUT2D eigenvalue weighted by Crippen LogP contribution is -2.26. The Morgan fingerprint density at radius 2 is 1.80 bits per heavy atom. The van der Waals surface area contributed by atoms with Gasteiger partial charge in [-0.05, 0) is 36.4 Å². The lowest BCUT2D eigenvalue weighted by atomic mass is 10.2. The number of carbonyl (C=O) groups is 1. The Labute approximate surface area is 142 Å². The van der Waals surface area contributed by atoms with Gasteiger partial charge in [0, 0.05) is 5.69 Å². The molecule has 0 saturated heterocycles. The van der Waals surface area contributed by atoms with Gasteiger partial charge in [0.15, 0.2) is 11.4 Å². The van der Waals surface area contributed by atoms with Gasteiger partial charge in [-0.15, -0.1) is 0 Å². The van der Waals surface area contributed by atoms with E-state index in [2.05, 4.69) is 10.4 Å². The number of anilines is 1. The van der Waals surface area contributed by atoms with E-state index in [1.54, 1.807) is 24.3 Å². The smallest absolute Gasteiger partial charge is 0.279 e. The molecule has 1 aromatic heterocycles. The van der Waals surface area contributed by atoms with Crippen molar-refractivity contribution in [1.82, 2.24) is 9.78 Å². The first kappa shape index (κ1) is 16.4. The van der Waals surface area contributed by atoms with Crippen LogP contribution in [0.25, 0.3) is 5.69 Å². The molecule has 0 atom stereocenters. The van der Waals surface area contributed by atoms with Gasteiger partial charge >= 0.3 is 0 Å². The molecular formula is C18H14FN3O3. The second-order valence-corrected chi connectivity index (χ2v) is 5.11. The van der Waals surface area contributed by atoms with Gasteiger partial charge in [-0.3, -0.25) is 9.59 Å². The zero-order valence-corrected chi connectivity index (χ0v) is 13.3. The summed E-state index contributed by atoms with van der Waals surface area (Å²) in [6.45, 7) is 0. The van der Waals surface area contributed by atoms with E-state index in [0.717, 1.165) is 10.7 Å². The largest absolute Gasteiger partial charge is 0.494 e. The van der Waals surface area contributed by atoms with Gasteiger partial charge in [0.05, 0.1) is 18.9 Å². The van der Waals surface area contributed by atoms with Gasteiger partial charge in [0.25, 0.3) is 11.5 Å². The molecule has 0 spiro atoms. The number of rotatable bonds is 4. The third-order valence-electron chi connectivity index (χ3n) is 3.43. The second kappa shape index (κ2) is 6.96. The summed E-state index contributed by atoms with van der Waals surface area (Å²) in [5.41, 5.74) is 0.355. The van der Waals surface area contributed by atoms with Crippen LogP contribution in [0.2, 0.25) is 0 Å². The van der Waals surface area contributed by atoms with Gasteiger partial charge in [-0.25, -0.2) is 4.39 Å². The van der Waals surface area contributed by atoms with Crippen molar-refractivity contribution in [2.75, 3.05) is 12.4 Å². The monoisotopic (exact) mass is 339 g/mol. The Bertz CT molecular complexity index is 954. The number of hydrogen-bond acceptors (Lipinski definition) is 4. The molecule has 0 aliphatic carbocycles. The molecule has 0 aliphatic rings. The Balaban J connectivity index is 2.03. The number of benzene rings is 2. The molecule has 1 N–H and O–H groups in total. The van der Waals surface area contributed by atoms with Crippen LogP contribution in [-0.4, -0.2) is 22.8 Å². The van der Waals surface area contributed by atoms with Crippen LogP contribution in [0.1, 0.15) is 10.5 Å². The van der Waals surface area contributed by atoms with Crippen molar-refractivity contribution < 1.29 is 13.9 Å². The number of para-hydroxylation sites is 1. The van der Waals surface area contributed by atoms with Crippen molar-refractivity contribution in [3.63, 3.8) is 0 Å². The van der Waals surface area contributed by atoms with E-state index in [1.807, 2.05) is 6.07 Å². The maximum Gasteiger partial charge on any atom is 0.279 e. The highest BCUT2D eigenvalue weighted by atomic mass is 19.1. The average Bonchev–Trinajstić information content (AvgIpc) is 2.63. The highest BCUT2D eigenvalue weighted by Gasteiger charge is 2.18. The number of carbonyl (C=O) groups excluding carboxylic acids is 1. The van der Waals surface area contributed by atoms with E-state index in [9.17, 15) is 14.0 Å². The van der Waals surface area contributed by atoms with Crippen molar-refractivity contribution in [3.8, 4) is 11.4 Å². The summed E-state index contributed by atoms with van der Waals surface area (Å²) in [6, 6.07) is 15.2. The highest BCUT2D eigenvalue weighted by Crippen LogP contribution is 2.16. The number of nitrogens with one attached hydrogen (secondary N) is 1. The Kier molecular flexibility index (Phi) is 4.56. The zero-order chi connectivity index (χ0) is 17.8. The second-order valence-electron chi connectivity index (χ2n) is 5.11. The number of nitrogens with zero attached hydrogens (tertiary/aromatic N) is 2. The van der Waals surface area contributed by atoms with Crippen LogP contribution in [0.3, 0.4) is 0 Å². The van der Waals surface area contributed by atoms with Crippen LogP contribution in [-0.2, 0) is 0 Å². The Morgan fingerprint density at radius 3 is 2.44 bits per heavy atom. The summed E-state index contributed by atoms with van der Waals surface area (Å²) in [5.74, 6) is -0.914. The van der Waals surface area contributed by atoms with Gasteiger partial charge in [0.1, 0.15) is 5.82 Å². The van der Waals surface area contributed by atoms with Gasteiger partial charge < -0.3 is 10.1 Å². The van der Waals surface area contributed by atoms with Gasteiger partial charge in [0.2, 0.25) is 0 Å². The molecule has 25 heavy (non-hydrogen) atoms. The minimum Gasteiger partial charge on any atom is -0.494 e. The van der Waals surface area contributed by atoms with Crippen LogP contribution < -0.4 is 15.6 Å². The SMILES string of the molecule is COc1cc(=O)n(-c2ccc(F)cc2)nc1C(=O)Nc1ccccc1. The minimum absolute atomic E-state index is 0.0526. The molecule has 3 aromatic rings. The van der Waals surface area contributed by atoms with Crippen LogP contribution >= 0.6 is 0 Å². The quantitative estimate of drug-likeness (QED) is 0.793. The molecule has 0 bridgehead atoms. The molecule has 0 unspecified atom stereocenters. The number of halogens is 1. The fraction of sp³-hybridized carbons (Fsp3) is 0.0556. The number of aromatic nitrogens is 2. The summed E-state index contributed by atoms with van der Waals surface area (Å²) in [5, 5.41) is 6.77. The number of ether oxygens (including phenoxy) is 1. The number of hydrogen-bond donors (Lipinski definition) is 1. The fourth-order valence-electron chi connectivity index (χ4n) is 2.23. The van der Waals surface area contributed by atoms with Gasteiger partial charge in [-0.2, -0.15) is 9.78 Å². The van der Waals surface area contributed by atoms with E-state index in [-0.39, 0.29) is 11.4 Å². The third kappa shape index (κ3) is 3.55. The summed E-state index contributed by atoms with van der Waals surface area (Å²) >= 11 is 0.